The largest absolute Gasteiger partial charge is 0.496 e. The van der Waals surface area contributed by atoms with E-state index in [4.69, 9.17) is 15.2 Å². The van der Waals surface area contributed by atoms with E-state index >= 15 is 4.39 Å². The molecule has 0 saturated heterocycles. The standard InChI is InChI=1S/C23H20FN3O2/c1-14-8-9-16(21(24)22(14)29-12-15-6-4-3-5-7-15)17-10-19-18(11-20(17)28-2)23(25)27-13-26-19/h3-11,13H,12H2,1-2H3,(H2,25,26,27). The number of rotatable bonds is 5. The van der Waals surface area contributed by atoms with Gasteiger partial charge in [0.25, 0.3) is 0 Å². The summed E-state index contributed by atoms with van der Waals surface area (Å²) in [6.45, 7) is 2.10. The summed E-state index contributed by atoms with van der Waals surface area (Å²) in [6, 6.07) is 16.7. The molecule has 0 fully saturated rings. The van der Waals surface area contributed by atoms with Crippen LogP contribution in [0.5, 0.6) is 11.5 Å². The molecule has 3 aromatic carbocycles. The predicted octanol–water partition coefficient (Wildman–Crippen LogP) is 4.91. The SMILES string of the molecule is COc1cc2c(N)ncnc2cc1-c1ccc(C)c(OCc2ccccc2)c1F. The van der Waals surface area contributed by atoms with Gasteiger partial charge < -0.3 is 15.2 Å². The number of anilines is 1. The summed E-state index contributed by atoms with van der Waals surface area (Å²) < 4.78 is 26.8. The number of aryl methyl sites for hydroxylation is 1. The van der Waals surface area contributed by atoms with Gasteiger partial charge in [-0.25, -0.2) is 14.4 Å². The molecule has 6 heteroatoms. The van der Waals surface area contributed by atoms with Crippen molar-refractivity contribution in [3.63, 3.8) is 0 Å². The van der Waals surface area contributed by atoms with E-state index in [0.29, 0.717) is 39.2 Å². The minimum absolute atomic E-state index is 0.218. The fourth-order valence-corrected chi connectivity index (χ4v) is 3.25. The van der Waals surface area contributed by atoms with Gasteiger partial charge in [-0.3, -0.25) is 0 Å². The zero-order valence-corrected chi connectivity index (χ0v) is 16.1. The van der Waals surface area contributed by atoms with E-state index in [0.717, 1.165) is 5.56 Å². The molecule has 0 atom stereocenters. The average Bonchev–Trinajstić information content (AvgIpc) is 2.74. The zero-order valence-electron chi connectivity index (χ0n) is 16.1. The highest BCUT2D eigenvalue weighted by Crippen LogP contribution is 2.39. The van der Waals surface area contributed by atoms with Crippen LogP contribution in [0.25, 0.3) is 22.0 Å². The third kappa shape index (κ3) is 3.57. The Morgan fingerprint density at radius 2 is 1.79 bits per heavy atom. The Bertz CT molecular complexity index is 1180. The quantitative estimate of drug-likeness (QED) is 0.525. The van der Waals surface area contributed by atoms with Gasteiger partial charge in [0.2, 0.25) is 0 Å². The van der Waals surface area contributed by atoms with Gasteiger partial charge in [0.1, 0.15) is 24.5 Å². The molecule has 0 amide bonds. The molecular weight excluding hydrogens is 369 g/mol. The zero-order chi connectivity index (χ0) is 20.4. The van der Waals surface area contributed by atoms with Crippen molar-refractivity contribution in [1.82, 2.24) is 9.97 Å². The topological polar surface area (TPSA) is 70.3 Å². The first kappa shape index (κ1) is 18.7. The number of nitrogens with two attached hydrogens (primary N) is 1. The summed E-state index contributed by atoms with van der Waals surface area (Å²) in [5, 5.41) is 0.654. The lowest BCUT2D eigenvalue weighted by molar-refractivity contribution is 0.288. The van der Waals surface area contributed by atoms with Gasteiger partial charge >= 0.3 is 0 Å². The summed E-state index contributed by atoms with van der Waals surface area (Å²) in [5.74, 6) is 0.600. The van der Waals surface area contributed by atoms with E-state index in [9.17, 15) is 0 Å². The van der Waals surface area contributed by atoms with Crippen LogP contribution < -0.4 is 15.2 Å². The number of ether oxygens (including phenoxy) is 2. The molecule has 0 aliphatic rings. The molecular formula is C23H20FN3O2. The molecule has 4 aromatic rings. The van der Waals surface area contributed by atoms with Crippen LogP contribution in [0.3, 0.4) is 0 Å². The summed E-state index contributed by atoms with van der Waals surface area (Å²) in [7, 11) is 1.53. The van der Waals surface area contributed by atoms with Crippen molar-refractivity contribution in [2.24, 2.45) is 0 Å². The van der Waals surface area contributed by atoms with Gasteiger partial charge in [-0.2, -0.15) is 0 Å². The molecule has 0 radical (unpaired) electrons. The second kappa shape index (κ2) is 7.75. The number of benzene rings is 3. The maximum absolute atomic E-state index is 15.5. The van der Waals surface area contributed by atoms with E-state index in [-0.39, 0.29) is 12.4 Å². The number of fused-ring (bicyclic) bond motifs is 1. The minimum Gasteiger partial charge on any atom is -0.496 e. The first-order chi connectivity index (χ1) is 14.1. The lowest BCUT2D eigenvalue weighted by atomic mass is 9.99. The Kier molecular flexibility index (Phi) is 4.99. The first-order valence-electron chi connectivity index (χ1n) is 9.13. The third-order valence-corrected chi connectivity index (χ3v) is 4.80. The molecule has 0 aliphatic heterocycles. The van der Waals surface area contributed by atoms with Crippen molar-refractivity contribution in [1.29, 1.82) is 0 Å². The van der Waals surface area contributed by atoms with Crippen molar-refractivity contribution in [3.8, 4) is 22.6 Å². The van der Waals surface area contributed by atoms with Gasteiger partial charge in [0.15, 0.2) is 11.6 Å². The number of halogens is 1. The molecule has 146 valence electrons. The number of hydrogen-bond donors (Lipinski definition) is 1. The third-order valence-electron chi connectivity index (χ3n) is 4.80. The van der Waals surface area contributed by atoms with Crippen LogP contribution in [0.15, 0.2) is 60.9 Å². The second-order valence-electron chi connectivity index (χ2n) is 6.68. The lowest BCUT2D eigenvalue weighted by Gasteiger charge is -2.16. The highest BCUT2D eigenvalue weighted by molar-refractivity contribution is 5.94. The van der Waals surface area contributed by atoms with Crippen LogP contribution in [-0.4, -0.2) is 17.1 Å². The normalized spacial score (nSPS) is 10.9. The number of nitrogen functional groups attached to an aromatic ring is 1. The van der Waals surface area contributed by atoms with Crippen molar-refractivity contribution in [3.05, 3.63) is 77.9 Å². The number of aromatic nitrogens is 2. The van der Waals surface area contributed by atoms with E-state index in [1.54, 1.807) is 18.2 Å². The van der Waals surface area contributed by atoms with Crippen LogP contribution in [0.4, 0.5) is 10.2 Å². The Morgan fingerprint density at radius 1 is 1.00 bits per heavy atom. The van der Waals surface area contributed by atoms with E-state index in [1.807, 2.05) is 43.3 Å². The molecule has 0 aliphatic carbocycles. The molecule has 0 spiro atoms. The smallest absolute Gasteiger partial charge is 0.173 e. The molecule has 1 heterocycles. The van der Waals surface area contributed by atoms with Crippen LogP contribution in [0.2, 0.25) is 0 Å². The molecule has 2 N–H and O–H groups in total. The number of hydrogen-bond acceptors (Lipinski definition) is 5. The maximum Gasteiger partial charge on any atom is 0.173 e. The van der Waals surface area contributed by atoms with E-state index < -0.39 is 5.82 Å². The molecule has 0 bridgehead atoms. The highest BCUT2D eigenvalue weighted by atomic mass is 19.1. The molecule has 0 saturated carbocycles. The Balaban J connectivity index is 1.79. The minimum atomic E-state index is -0.444. The van der Waals surface area contributed by atoms with Crippen molar-refractivity contribution in [2.75, 3.05) is 12.8 Å². The average molecular weight is 389 g/mol. The van der Waals surface area contributed by atoms with E-state index in [2.05, 4.69) is 9.97 Å². The number of nitrogens with zero attached hydrogens (tertiary/aromatic N) is 2. The van der Waals surface area contributed by atoms with Gasteiger partial charge in [-0.05, 0) is 30.2 Å². The molecule has 1 aromatic heterocycles. The summed E-state index contributed by atoms with van der Waals surface area (Å²) >= 11 is 0. The molecule has 0 unspecified atom stereocenters. The van der Waals surface area contributed by atoms with Crippen LogP contribution >= 0.6 is 0 Å². The van der Waals surface area contributed by atoms with Crippen molar-refractivity contribution >= 4 is 16.7 Å². The second-order valence-corrected chi connectivity index (χ2v) is 6.68. The van der Waals surface area contributed by atoms with E-state index in [1.165, 1.54) is 13.4 Å². The van der Waals surface area contributed by atoms with Crippen LogP contribution in [0, 0.1) is 12.7 Å². The van der Waals surface area contributed by atoms with Gasteiger partial charge in [-0.15, -0.1) is 0 Å². The monoisotopic (exact) mass is 389 g/mol. The van der Waals surface area contributed by atoms with Gasteiger partial charge in [-0.1, -0.05) is 42.5 Å². The maximum atomic E-state index is 15.5. The lowest BCUT2D eigenvalue weighted by Crippen LogP contribution is -2.01. The summed E-state index contributed by atoms with van der Waals surface area (Å²) in [6.07, 6.45) is 1.38. The predicted molar refractivity (Wildman–Crippen MR) is 111 cm³/mol. The highest BCUT2D eigenvalue weighted by Gasteiger charge is 2.19. The van der Waals surface area contributed by atoms with Gasteiger partial charge in [0.05, 0.1) is 12.6 Å². The Morgan fingerprint density at radius 3 is 2.55 bits per heavy atom. The molecule has 5 nitrogen and oxygen atoms in total. The fraction of sp³-hybridized carbons (Fsp3) is 0.130. The van der Waals surface area contributed by atoms with Crippen molar-refractivity contribution in [2.45, 2.75) is 13.5 Å². The Hall–Kier alpha value is -3.67. The summed E-state index contributed by atoms with van der Waals surface area (Å²) in [5.41, 5.74) is 9.17. The fourth-order valence-electron chi connectivity index (χ4n) is 3.25. The Labute approximate surface area is 167 Å². The molecule has 4 rings (SSSR count). The van der Waals surface area contributed by atoms with Crippen LogP contribution in [-0.2, 0) is 6.61 Å². The summed E-state index contributed by atoms with van der Waals surface area (Å²) in [4.78, 5) is 8.25. The van der Waals surface area contributed by atoms with Crippen molar-refractivity contribution < 1.29 is 13.9 Å². The van der Waals surface area contributed by atoms with Gasteiger partial charge in [0, 0.05) is 16.5 Å². The number of methoxy groups -OCH3 is 1. The van der Waals surface area contributed by atoms with Crippen LogP contribution in [0.1, 0.15) is 11.1 Å². The first-order valence-corrected chi connectivity index (χ1v) is 9.13. The molecule has 29 heavy (non-hydrogen) atoms.